The number of carbonyl (C=O) groups is 2. The molecular formula is C13H21N3O3S. The molecule has 0 aliphatic carbocycles. The minimum Gasteiger partial charge on any atom is -0.481 e. The van der Waals surface area contributed by atoms with Crippen LogP contribution in [0.15, 0.2) is 5.38 Å². The van der Waals surface area contributed by atoms with Gasteiger partial charge in [-0.05, 0) is 12.3 Å². The Balaban J connectivity index is 2.51. The first-order valence-corrected chi connectivity index (χ1v) is 7.23. The molecule has 1 aromatic heterocycles. The molecule has 3 N–H and O–H groups in total. The van der Waals surface area contributed by atoms with Crippen molar-refractivity contribution in [2.45, 2.75) is 46.7 Å². The van der Waals surface area contributed by atoms with Gasteiger partial charge in [-0.15, -0.1) is 11.3 Å². The molecule has 6 nitrogen and oxygen atoms in total. The van der Waals surface area contributed by atoms with Crippen molar-refractivity contribution < 1.29 is 14.7 Å². The lowest BCUT2D eigenvalue weighted by atomic mass is 9.85. The average molecular weight is 299 g/mol. The summed E-state index contributed by atoms with van der Waals surface area (Å²) in [5, 5.41) is 17.1. The number of nitrogens with zero attached hydrogens (tertiary/aromatic N) is 1. The largest absolute Gasteiger partial charge is 0.481 e. The summed E-state index contributed by atoms with van der Waals surface area (Å²) in [4.78, 5) is 26.9. The number of urea groups is 1. The number of carbonyl (C=O) groups excluding carboxylic acids is 1. The predicted molar refractivity (Wildman–Crippen MR) is 77.7 cm³/mol. The molecule has 112 valence electrons. The van der Waals surface area contributed by atoms with Gasteiger partial charge in [0.1, 0.15) is 0 Å². The molecule has 0 saturated heterocycles. The summed E-state index contributed by atoms with van der Waals surface area (Å²) >= 11 is 1.52. The highest BCUT2D eigenvalue weighted by molar-refractivity contribution is 7.09. The zero-order valence-electron chi connectivity index (χ0n) is 12.2. The molecule has 0 bridgehead atoms. The van der Waals surface area contributed by atoms with Crippen LogP contribution in [0.25, 0.3) is 0 Å². The molecule has 0 spiro atoms. The normalized spacial score (nSPS) is 12.8. The molecule has 20 heavy (non-hydrogen) atoms. The van der Waals surface area contributed by atoms with Crippen LogP contribution in [0.1, 0.15) is 37.9 Å². The Bertz CT molecular complexity index is 479. The van der Waals surface area contributed by atoms with Crippen molar-refractivity contribution >= 4 is 23.3 Å². The second-order valence-electron chi connectivity index (χ2n) is 5.70. The summed E-state index contributed by atoms with van der Waals surface area (Å²) in [5.74, 6) is -0.930. The van der Waals surface area contributed by atoms with Gasteiger partial charge in [0.2, 0.25) is 0 Å². The van der Waals surface area contributed by atoms with Gasteiger partial charge in [-0.25, -0.2) is 9.78 Å². The van der Waals surface area contributed by atoms with Crippen LogP contribution in [0.5, 0.6) is 0 Å². The first-order chi connectivity index (χ1) is 9.18. The molecule has 0 aliphatic rings. The van der Waals surface area contributed by atoms with E-state index in [1.165, 1.54) is 11.3 Å². The Morgan fingerprint density at radius 2 is 2.10 bits per heavy atom. The van der Waals surface area contributed by atoms with Crippen LogP contribution in [0.4, 0.5) is 4.79 Å². The van der Waals surface area contributed by atoms with Gasteiger partial charge in [0.05, 0.1) is 23.7 Å². The van der Waals surface area contributed by atoms with Crippen molar-refractivity contribution in [2.75, 3.05) is 0 Å². The van der Waals surface area contributed by atoms with Crippen LogP contribution in [-0.2, 0) is 11.3 Å². The number of carboxylic acids is 1. The van der Waals surface area contributed by atoms with Crippen molar-refractivity contribution in [3.8, 4) is 0 Å². The number of aromatic nitrogens is 1. The number of aryl methyl sites for hydroxylation is 1. The summed E-state index contributed by atoms with van der Waals surface area (Å²) in [7, 11) is 0. The second-order valence-corrected chi connectivity index (χ2v) is 6.76. The van der Waals surface area contributed by atoms with Crippen molar-refractivity contribution in [3.63, 3.8) is 0 Å². The summed E-state index contributed by atoms with van der Waals surface area (Å²) in [6, 6.07) is -0.811. The fourth-order valence-electron chi connectivity index (χ4n) is 1.62. The van der Waals surface area contributed by atoms with Gasteiger partial charge in [-0.2, -0.15) is 0 Å². The molecule has 7 heteroatoms. The van der Waals surface area contributed by atoms with Gasteiger partial charge in [-0.1, -0.05) is 20.8 Å². The standard InChI is InChI=1S/C13H21N3O3S/c1-8-15-9(7-20-8)6-14-12(19)16-10(5-11(17)18)13(2,3)4/h7,10H,5-6H2,1-4H3,(H,17,18)(H2,14,16,19). The zero-order valence-corrected chi connectivity index (χ0v) is 13.0. The number of aliphatic carboxylic acids is 1. The fourth-order valence-corrected chi connectivity index (χ4v) is 2.23. The van der Waals surface area contributed by atoms with Gasteiger partial charge in [0.15, 0.2) is 0 Å². The van der Waals surface area contributed by atoms with E-state index in [0.29, 0.717) is 6.54 Å². The Hall–Kier alpha value is -1.63. The van der Waals surface area contributed by atoms with E-state index in [0.717, 1.165) is 10.7 Å². The molecule has 1 rings (SSSR count). The van der Waals surface area contributed by atoms with E-state index in [1.807, 2.05) is 33.1 Å². The van der Waals surface area contributed by atoms with Crippen molar-refractivity contribution in [1.82, 2.24) is 15.6 Å². The monoisotopic (exact) mass is 299 g/mol. The maximum absolute atomic E-state index is 11.8. The molecule has 1 atom stereocenters. The SMILES string of the molecule is Cc1nc(CNC(=O)NC(CC(=O)O)C(C)(C)C)cs1. The van der Waals surface area contributed by atoms with Crippen molar-refractivity contribution in [2.24, 2.45) is 5.41 Å². The Morgan fingerprint density at radius 3 is 2.55 bits per heavy atom. The summed E-state index contributed by atoms with van der Waals surface area (Å²) in [6.07, 6.45) is -0.104. The Kier molecular flexibility index (Phi) is 5.50. The Labute approximate surface area is 122 Å². The fraction of sp³-hybridized carbons (Fsp3) is 0.615. The maximum atomic E-state index is 11.8. The van der Waals surface area contributed by atoms with E-state index >= 15 is 0 Å². The van der Waals surface area contributed by atoms with E-state index in [-0.39, 0.29) is 17.9 Å². The van der Waals surface area contributed by atoms with Gasteiger partial charge >= 0.3 is 12.0 Å². The zero-order chi connectivity index (χ0) is 15.3. The number of rotatable bonds is 5. The first kappa shape index (κ1) is 16.4. The van der Waals surface area contributed by atoms with E-state index in [1.54, 1.807) is 0 Å². The van der Waals surface area contributed by atoms with Crippen LogP contribution < -0.4 is 10.6 Å². The van der Waals surface area contributed by atoms with Crippen LogP contribution in [0.2, 0.25) is 0 Å². The average Bonchev–Trinajstić information content (AvgIpc) is 2.70. The quantitative estimate of drug-likeness (QED) is 0.777. The van der Waals surface area contributed by atoms with Crippen molar-refractivity contribution in [3.05, 3.63) is 16.1 Å². The number of carboxylic acid groups (broad SMARTS) is 1. The second kappa shape index (κ2) is 6.69. The number of nitrogens with one attached hydrogen (secondary N) is 2. The summed E-state index contributed by atoms with van der Waals surface area (Å²) in [5.41, 5.74) is 0.473. The van der Waals surface area contributed by atoms with Crippen LogP contribution >= 0.6 is 11.3 Å². The molecular weight excluding hydrogens is 278 g/mol. The van der Waals surface area contributed by atoms with Crippen LogP contribution in [0.3, 0.4) is 0 Å². The molecule has 0 radical (unpaired) electrons. The number of amides is 2. The number of thiazole rings is 1. The maximum Gasteiger partial charge on any atom is 0.315 e. The lowest BCUT2D eigenvalue weighted by Crippen LogP contribution is -2.48. The van der Waals surface area contributed by atoms with Crippen molar-refractivity contribution in [1.29, 1.82) is 0 Å². The molecule has 1 unspecified atom stereocenters. The number of hydrogen-bond donors (Lipinski definition) is 3. The van der Waals surface area contributed by atoms with Crippen LogP contribution in [0, 0.1) is 12.3 Å². The van der Waals surface area contributed by atoms with E-state index in [2.05, 4.69) is 15.6 Å². The van der Waals surface area contributed by atoms with E-state index < -0.39 is 12.0 Å². The molecule has 2 amide bonds. The highest BCUT2D eigenvalue weighted by Crippen LogP contribution is 2.21. The third-order valence-electron chi connectivity index (χ3n) is 2.83. The molecule has 0 aliphatic heterocycles. The summed E-state index contributed by atoms with van der Waals surface area (Å²) in [6.45, 7) is 7.91. The molecule has 1 aromatic rings. The van der Waals surface area contributed by atoms with Gasteiger partial charge < -0.3 is 15.7 Å². The minimum atomic E-state index is -0.930. The third-order valence-corrected chi connectivity index (χ3v) is 3.65. The molecule has 1 heterocycles. The van der Waals surface area contributed by atoms with Gasteiger partial charge in [0.25, 0.3) is 0 Å². The highest BCUT2D eigenvalue weighted by Gasteiger charge is 2.28. The third kappa shape index (κ3) is 5.56. The summed E-state index contributed by atoms with van der Waals surface area (Å²) < 4.78 is 0. The minimum absolute atomic E-state index is 0.104. The molecule has 0 aromatic carbocycles. The Morgan fingerprint density at radius 1 is 1.45 bits per heavy atom. The predicted octanol–water partition coefficient (Wildman–Crippen LogP) is 2.14. The lowest BCUT2D eigenvalue weighted by Gasteiger charge is -2.30. The van der Waals surface area contributed by atoms with Gasteiger partial charge in [0, 0.05) is 11.4 Å². The van der Waals surface area contributed by atoms with E-state index in [9.17, 15) is 9.59 Å². The topological polar surface area (TPSA) is 91.3 Å². The van der Waals surface area contributed by atoms with Crippen LogP contribution in [-0.4, -0.2) is 28.1 Å². The molecule has 0 saturated carbocycles. The lowest BCUT2D eigenvalue weighted by molar-refractivity contribution is -0.138. The first-order valence-electron chi connectivity index (χ1n) is 6.35. The van der Waals surface area contributed by atoms with E-state index in [4.69, 9.17) is 5.11 Å². The highest BCUT2D eigenvalue weighted by atomic mass is 32.1. The molecule has 0 fully saturated rings. The number of hydrogen-bond acceptors (Lipinski definition) is 4. The van der Waals surface area contributed by atoms with Gasteiger partial charge in [-0.3, -0.25) is 4.79 Å². The smallest absolute Gasteiger partial charge is 0.315 e.